The number of rotatable bonds is 6. The van der Waals surface area contributed by atoms with Crippen molar-refractivity contribution in [1.29, 1.82) is 0 Å². The molecule has 0 amide bonds. The first-order chi connectivity index (χ1) is 13.7. The summed E-state index contributed by atoms with van der Waals surface area (Å²) in [6, 6.07) is 20.0. The summed E-state index contributed by atoms with van der Waals surface area (Å²) in [7, 11) is 0. The van der Waals surface area contributed by atoms with E-state index in [2.05, 4.69) is 24.0 Å². The van der Waals surface area contributed by atoms with Crippen LogP contribution in [0.1, 0.15) is 25.6 Å². The highest BCUT2D eigenvalue weighted by Gasteiger charge is 2.19. The van der Waals surface area contributed by atoms with E-state index in [9.17, 15) is 0 Å². The molecule has 28 heavy (non-hydrogen) atoms. The molecule has 0 bridgehead atoms. The number of para-hydroxylation sites is 2. The van der Waals surface area contributed by atoms with Crippen molar-refractivity contribution in [3.63, 3.8) is 0 Å². The average Bonchev–Trinajstić information content (AvgIpc) is 3.05. The zero-order valence-corrected chi connectivity index (χ0v) is 17.0. The number of hydrogen-bond acceptors (Lipinski definition) is 4. The van der Waals surface area contributed by atoms with E-state index in [0.717, 1.165) is 42.9 Å². The molecule has 2 aromatic carbocycles. The molecule has 1 aromatic heterocycles. The monoisotopic (exact) mass is 394 g/mol. The Kier molecular flexibility index (Phi) is 5.88. The van der Waals surface area contributed by atoms with Crippen molar-refractivity contribution >= 4 is 12.2 Å². The Labute approximate surface area is 171 Å². The third kappa shape index (κ3) is 4.34. The van der Waals surface area contributed by atoms with E-state index < -0.39 is 0 Å². The van der Waals surface area contributed by atoms with Crippen molar-refractivity contribution < 1.29 is 4.74 Å². The third-order valence-electron chi connectivity index (χ3n) is 5.24. The first-order valence-electron chi connectivity index (χ1n) is 9.85. The molecule has 2 heterocycles. The van der Waals surface area contributed by atoms with Crippen LogP contribution in [-0.4, -0.2) is 32.3 Å². The number of benzene rings is 2. The molecule has 0 radical (unpaired) electrons. The number of likely N-dealkylation sites (tertiary alicyclic amines) is 1. The quantitative estimate of drug-likeness (QED) is 0.569. The van der Waals surface area contributed by atoms with E-state index in [1.165, 1.54) is 12.8 Å². The minimum Gasteiger partial charge on any atom is -0.486 e. The highest BCUT2D eigenvalue weighted by atomic mass is 32.1. The summed E-state index contributed by atoms with van der Waals surface area (Å²) in [6.45, 7) is 5.61. The van der Waals surface area contributed by atoms with Gasteiger partial charge in [0.1, 0.15) is 12.4 Å². The van der Waals surface area contributed by atoms with Gasteiger partial charge in [0.15, 0.2) is 5.82 Å². The maximum atomic E-state index is 5.97. The molecular weight excluding hydrogens is 368 g/mol. The Morgan fingerprint density at radius 3 is 2.32 bits per heavy atom. The third-order valence-corrected chi connectivity index (χ3v) is 5.64. The topological polar surface area (TPSA) is 35.2 Å². The molecule has 0 unspecified atom stereocenters. The second-order valence-corrected chi connectivity index (χ2v) is 7.78. The molecule has 6 heteroatoms. The summed E-state index contributed by atoms with van der Waals surface area (Å²) in [5.74, 6) is 2.44. The summed E-state index contributed by atoms with van der Waals surface area (Å²) in [6.07, 6.45) is 2.47. The summed E-state index contributed by atoms with van der Waals surface area (Å²) >= 11 is 5.80. The van der Waals surface area contributed by atoms with E-state index in [0.29, 0.717) is 11.4 Å². The summed E-state index contributed by atoms with van der Waals surface area (Å²) < 4.78 is 10.6. The molecule has 146 valence electrons. The van der Waals surface area contributed by atoms with Crippen LogP contribution in [0.2, 0.25) is 0 Å². The van der Waals surface area contributed by atoms with Crippen LogP contribution < -0.4 is 4.74 Å². The van der Waals surface area contributed by atoms with Gasteiger partial charge >= 0.3 is 0 Å². The molecule has 1 fully saturated rings. The maximum Gasteiger partial charge on any atom is 0.203 e. The van der Waals surface area contributed by atoms with E-state index in [1.54, 1.807) is 0 Å². The van der Waals surface area contributed by atoms with Gasteiger partial charge < -0.3 is 4.74 Å². The molecule has 1 aliphatic heterocycles. The molecule has 0 N–H and O–H groups in total. The van der Waals surface area contributed by atoms with Crippen LogP contribution in [0.5, 0.6) is 5.75 Å². The fourth-order valence-electron chi connectivity index (χ4n) is 3.53. The fourth-order valence-corrected chi connectivity index (χ4v) is 3.84. The molecule has 1 saturated heterocycles. The van der Waals surface area contributed by atoms with Crippen molar-refractivity contribution in [2.45, 2.75) is 33.0 Å². The first-order valence-corrected chi connectivity index (χ1v) is 10.3. The Morgan fingerprint density at radius 2 is 1.64 bits per heavy atom. The highest BCUT2D eigenvalue weighted by Crippen LogP contribution is 2.19. The van der Waals surface area contributed by atoms with Crippen LogP contribution in [0.25, 0.3) is 5.69 Å². The lowest BCUT2D eigenvalue weighted by atomic mass is 10.00. The minimum absolute atomic E-state index is 0.368. The lowest BCUT2D eigenvalue weighted by Gasteiger charge is -2.29. The number of nitrogens with zero attached hydrogens (tertiary/aromatic N) is 4. The van der Waals surface area contributed by atoms with Gasteiger partial charge in [-0.25, -0.2) is 4.68 Å². The van der Waals surface area contributed by atoms with Crippen LogP contribution in [0, 0.1) is 10.7 Å². The van der Waals surface area contributed by atoms with E-state index in [-0.39, 0.29) is 0 Å². The Balaban J connectivity index is 1.61. The lowest BCUT2D eigenvalue weighted by molar-refractivity contribution is 0.145. The van der Waals surface area contributed by atoms with Crippen molar-refractivity contribution in [2.75, 3.05) is 13.1 Å². The summed E-state index contributed by atoms with van der Waals surface area (Å²) in [5.41, 5.74) is 1.01. The lowest BCUT2D eigenvalue weighted by Crippen LogP contribution is -2.34. The Hall–Kier alpha value is -2.44. The van der Waals surface area contributed by atoms with Crippen LogP contribution in [0.15, 0.2) is 60.7 Å². The van der Waals surface area contributed by atoms with Crippen LogP contribution in [-0.2, 0) is 13.3 Å². The van der Waals surface area contributed by atoms with Crippen molar-refractivity contribution in [1.82, 2.24) is 19.2 Å². The Bertz CT molecular complexity index is 944. The van der Waals surface area contributed by atoms with Gasteiger partial charge in [0.05, 0.1) is 6.67 Å². The van der Waals surface area contributed by atoms with Gasteiger partial charge in [0, 0.05) is 18.8 Å². The molecular formula is C22H26N4OS. The average molecular weight is 395 g/mol. The molecule has 4 rings (SSSR count). The smallest absolute Gasteiger partial charge is 0.203 e. The van der Waals surface area contributed by atoms with Gasteiger partial charge in [0.2, 0.25) is 4.77 Å². The van der Waals surface area contributed by atoms with E-state index in [4.69, 9.17) is 22.1 Å². The van der Waals surface area contributed by atoms with Crippen molar-refractivity contribution in [3.8, 4) is 11.4 Å². The van der Waals surface area contributed by atoms with Crippen LogP contribution >= 0.6 is 12.2 Å². The molecule has 3 aromatic rings. The van der Waals surface area contributed by atoms with Crippen LogP contribution in [0.3, 0.4) is 0 Å². The summed E-state index contributed by atoms with van der Waals surface area (Å²) in [5, 5.41) is 4.82. The molecule has 0 aliphatic carbocycles. The van der Waals surface area contributed by atoms with Gasteiger partial charge in [-0.15, -0.1) is 0 Å². The van der Waals surface area contributed by atoms with Gasteiger partial charge in [-0.3, -0.25) is 9.47 Å². The zero-order valence-electron chi connectivity index (χ0n) is 16.2. The molecule has 0 saturated carbocycles. The second-order valence-electron chi connectivity index (χ2n) is 7.41. The highest BCUT2D eigenvalue weighted by molar-refractivity contribution is 7.71. The fraction of sp³-hybridized carbons (Fsp3) is 0.364. The van der Waals surface area contributed by atoms with Gasteiger partial charge in [-0.2, -0.15) is 5.10 Å². The Morgan fingerprint density at radius 1 is 1.00 bits per heavy atom. The van der Waals surface area contributed by atoms with Gasteiger partial charge in [-0.1, -0.05) is 43.3 Å². The zero-order chi connectivity index (χ0) is 19.3. The maximum absolute atomic E-state index is 5.97. The molecule has 5 nitrogen and oxygen atoms in total. The number of hydrogen-bond donors (Lipinski definition) is 0. The predicted molar refractivity (Wildman–Crippen MR) is 113 cm³/mol. The molecule has 1 aliphatic rings. The normalized spacial score (nSPS) is 15.6. The standard InChI is InChI=1S/C22H26N4OS/c1-18-12-14-24(15-13-18)17-25-22(28)26(19-8-4-2-5-9-19)21(23-25)16-27-20-10-6-3-7-11-20/h2-11,18H,12-17H2,1H3. The number of piperidine rings is 1. The van der Waals surface area contributed by atoms with Gasteiger partial charge in [-0.05, 0) is 55.2 Å². The van der Waals surface area contributed by atoms with E-state index >= 15 is 0 Å². The van der Waals surface area contributed by atoms with Crippen molar-refractivity contribution in [2.24, 2.45) is 5.92 Å². The SMILES string of the molecule is CC1CCN(Cn2nc(COc3ccccc3)n(-c3ccccc3)c2=S)CC1. The van der Waals surface area contributed by atoms with Crippen LogP contribution in [0.4, 0.5) is 0 Å². The molecule has 0 spiro atoms. The van der Waals surface area contributed by atoms with Crippen molar-refractivity contribution in [3.05, 3.63) is 71.3 Å². The first kappa shape index (κ1) is 18.9. The minimum atomic E-state index is 0.368. The number of ether oxygens (including phenoxy) is 1. The van der Waals surface area contributed by atoms with Gasteiger partial charge in [0.25, 0.3) is 0 Å². The number of aromatic nitrogens is 3. The second kappa shape index (κ2) is 8.71. The van der Waals surface area contributed by atoms with E-state index in [1.807, 2.05) is 57.8 Å². The molecule has 0 atom stereocenters. The summed E-state index contributed by atoms with van der Waals surface area (Å²) in [4.78, 5) is 2.43. The largest absolute Gasteiger partial charge is 0.486 e. The predicted octanol–water partition coefficient (Wildman–Crippen LogP) is 4.67.